The molecule has 0 aromatic heterocycles. The summed E-state index contributed by atoms with van der Waals surface area (Å²) in [6.45, 7) is 4.34. The monoisotopic (exact) mass is 331 g/mol. The first kappa shape index (κ1) is 18.3. The van der Waals surface area contributed by atoms with Crippen molar-refractivity contribution in [3.63, 3.8) is 0 Å². The van der Waals surface area contributed by atoms with Crippen molar-refractivity contribution in [2.75, 3.05) is 29.9 Å². The van der Waals surface area contributed by atoms with E-state index >= 15 is 0 Å². The molecule has 5 nitrogen and oxygen atoms in total. The number of carbonyl (C=O) groups is 2. The number of nitrogens with zero attached hydrogens (tertiary/aromatic N) is 1. The van der Waals surface area contributed by atoms with Crippen LogP contribution in [0.3, 0.4) is 0 Å². The van der Waals surface area contributed by atoms with Crippen LogP contribution in [-0.2, 0) is 9.59 Å². The van der Waals surface area contributed by atoms with Gasteiger partial charge in [-0.3, -0.25) is 9.59 Å². The SMILES string of the molecule is CC(=O)NCCCCCC(=O)Nc1ccccc1N1CCCCC1. The maximum Gasteiger partial charge on any atom is 0.224 e. The van der Waals surface area contributed by atoms with E-state index in [2.05, 4.69) is 21.6 Å². The van der Waals surface area contributed by atoms with Crippen molar-refractivity contribution in [2.24, 2.45) is 0 Å². The van der Waals surface area contributed by atoms with Crippen molar-refractivity contribution in [2.45, 2.75) is 51.9 Å². The number of anilines is 2. The maximum atomic E-state index is 12.2. The highest BCUT2D eigenvalue weighted by Crippen LogP contribution is 2.28. The number of hydrogen-bond acceptors (Lipinski definition) is 3. The van der Waals surface area contributed by atoms with E-state index in [0.717, 1.165) is 43.7 Å². The summed E-state index contributed by atoms with van der Waals surface area (Å²) in [5.74, 6) is 0.0704. The number of nitrogens with one attached hydrogen (secondary N) is 2. The molecule has 132 valence electrons. The molecule has 1 fully saturated rings. The molecule has 1 aromatic carbocycles. The largest absolute Gasteiger partial charge is 0.370 e. The number of piperidine rings is 1. The van der Waals surface area contributed by atoms with Crippen LogP contribution >= 0.6 is 0 Å². The molecule has 0 bridgehead atoms. The average Bonchev–Trinajstić information content (AvgIpc) is 2.59. The number of carbonyl (C=O) groups excluding carboxylic acids is 2. The quantitative estimate of drug-likeness (QED) is 0.718. The van der Waals surface area contributed by atoms with Gasteiger partial charge in [0, 0.05) is 33.0 Å². The number of benzene rings is 1. The van der Waals surface area contributed by atoms with Crippen LogP contribution in [0.4, 0.5) is 11.4 Å². The highest BCUT2D eigenvalue weighted by atomic mass is 16.2. The molecule has 0 radical (unpaired) electrons. The molecule has 1 aromatic rings. The van der Waals surface area contributed by atoms with Crippen LogP contribution < -0.4 is 15.5 Å². The van der Waals surface area contributed by atoms with E-state index < -0.39 is 0 Å². The average molecular weight is 331 g/mol. The molecule has 0 saturated carbocycles. The lowest BCUT2D eigenvalue weighted by Crippen LogP contribution is -2.30. The maximum absolute atomic E-state index is 12.2. The molecule has 1 saturated heterocycles. The number of rotatable bonds is 8. The van der Waals surface area contributed by atoms with E-state index in [0.29, 0.717) is 13.0 Å². The fraction of sp³-hybridized carbons (Fsp3) is 0.579. The third kappa shape index (κ3) is 6.22. The Labute approximate surface area is 144 Å². The molecule has 1 aliphatic rings. The Balaban J connectivity index is 1.76. The standard InChI is InChI=1S/C19H29N3O2/c1-16(23)20-13-7-2-4-12-19(24)21-17-10-5-6-11-18(17)22-14-8-3-9-15-22/h5-6,10-11H,2-4,7-9,12-15H2,1H3,(H,20,23)(H,21,24). The molecule has 1 heterocycles. The summed E-state index contributed by atoms with van der Waals surface area (Å²) >= 11 is 0. The van der Waals surface area contributed by atoms with Crippen LogP contribution in [0.15, 0.2) is 24.3 Å². The van der Waals surface area contributed by atoms with E-state index in [9.17, 15) is 9.59 Å². The van der Waals surface area contributed by atoms with Gasteiger partial charge in [-0.25, -0.2) is 0 Å². The summed E-state index contributed by atoms with van der Waals surface area (Å²) in [4.78, 5) is 25.3. The normalized spacial score (nSPS) is 14.3. The van der Waals surface area contributed by atoms with Crippen LogP contribution in [0.25, 0.3) is 0 Å². The van der Waals surface area contributed by atoms with Crippen LogP contribution in [0.2, 0.25) is 0 Å². The van der Waals surface area contributed by atoms with Gasteiger partial charge in [-0.15, -0.1) is 0 Å². The Morgan fingerprint density at radius 1 is 1.04 bits per heavy atom. The third-order valence-electron chi connectivity index (χ3n) is 4.33. The molecule has 0 unspecified atom stereocenters. The second kappa shape index (κ2) is 9.96. The van der Waals surface area contributed by atoms with Gasteiger partial charge in [-0.1, -0.05) is 18.6 Å². The Bertz CT molecular complexity index is 539. The van der Waals surface area contributed by atoms with Gasteiger partial charge in [-0.05, 0) is 44.2 Å². The number of amides is 2. The fourth-order valence-electron chi connectivity index (χ4n) is 3.05. The molecule has 0 atom stereocenters. The second-order valence-electron chi connectivity index (χ2n) is 6.41. The molecular weight excluding hydrogens is 302 g/mol. The van der Waals surface area contributed by atoms with Crippen molar-refractivity contribution in [3.8, 4) is 0 Å². The molecule has 0 spiro atoms. The predicted octanol–water partition coefficient (Wildman–Crippen LogP) is 3.31. The lowest BCUT2D eigenvalue weighted by Gasteiger charge is -2.30. The lowest BCUT2D eigenvalue weighted by atomic mass is 10.1. The first-order valence-corrected chi connectivity index (χ1v) is 9.05. The zero-order valence-electron chi connectivity index (χ0n) is 14.6. The summed E-state index contributed by atoms with van der Waals surface area (Å²) in [7, 11) is 0. The molecule has 2 N–H and O–H groups in total. The van der Waals surface area contributed by atoms with Gasteiger partial charge in [-0.2, -0.15) is 0 Å². The zero-order valence-corrected chi connectivity index (χ0v) is 14.6. The van der Waals surface area contributed by atoms with Gasteiger partial charge in [0.05, 0.1) is 11.4 Å². The van der Waals surface area contributed by atoms with Crippen LogP contribution in [0.1, 0.15) is 51.9 Å². The molecular formula is C19H29N3O2. The van der Waals surface area contributed by atoms with Gasteiger partial charge >= 0.3 is 0 Å². The van der Waals surface area contributed by atoms with Crippen molar-refractivity contribution in [3.05, 3.63) is 24.3 Å². The summed E-state index contributed by atoms with van der Waals surface area (Å²) in [6, 6.07) is 8.07. The Morgan fingerprint density at radius 3 is 2.54 bits per heavy atom. The van der Waals surface area contributed by atoms with Crippen LogP contribution in [0, 0.1) is 0 Å². The molecule has 0 aliphatic carbocycles. The van der Waals surface area contributed by atoms with Crippen molar-refractivity contribution in [1.82, 2.24) is 5.32 Å². The van der Waals surface area contributed by atoms with E-state index in [-0.39, 0.29) is 11.8 Å². The third-order valence-corrected chi connectivity index (χ3v) is 4.33. The molecule has 2 amide bonds. The van der Waals surface area contributed by atoms with E-state index in [1.807, 2.05) is 18.2 Å². The number of para-hydroxylation sites is 2. The fourth-order valence-corrected chi connectivity index (χ4v) is 3.05. The number of unbranched alkanes of at least 4 members (excludes halogenated alkanes) is 2. The van der Waals surface area contributed by atoms with Gasteiger partial charge in [0.1, 0.15) is 0 Å². The Morgan fingerprint density at radius 2 is 1.79 bits per heavy atom. The number of hydrogen-bond donors (Lipinski definition) is 2. The highest BCUT2D eigenvalue weighted by molar-refractivity contribution is 5.94. The van der Waals surface area contributed by atoms with Crippen LogP contribution in [-0.4, -0.2) is 31.4 Å². The molecule has 1 aliphatic heterocycles. The van der Waals surface area contributed by atoms with Crippen molar-refractivity contribution >= 4 is 23.2 Å². The first-order chi connectivity index (χ1) is 11.7. The van der Waals surface area contributed by atoms with Gasteiger partial charge in [0.15, 0.2) is 0 Å². The minimum atomic E-state index is 0.00191. The van der Waals surface area contributed by atoms with E-state index in [1.165, 1.54) is 26.2 Å². The summed E-state index contributed by atoms with van der Waals surface area (Å²) < 4.78 is 0. The van der Waals surface area contributed by atoms with Crippen molar-refractivity contribution < 1.29 is 9.59 Å². The Kier molecular flexibility index (Phi) is 7.59. The zero-order chi connectivity index (χ0) is 17.2. The smallest absolute Gasteiger partial charge is 0.224 e. The Hall–Kier alpha value is -2.04. The summed E-state index contributed by atoms with van der Waals surface area (Å²) in [5, 5.41) is 5.84. The highest BCUT2D eigenvalue weighted by Gasteiger charge is 2.15. The first-order valence-electron chi connectivity index (χ1n) is 9.05. The van der Waals surface area contributed by atoms with Gasteiger partial charge in [0.25, 0.3) is 0 Å². The van der Waals surface area contributed by atoms with Gasteiger partial charge in [0.2, 0.25) is 11.8 Å². The molecule has 2 rings (SSSR count). The minimum Gasteiger partial charge on any atom is -0.370 e. The lowest BCUT2D eigenvalue weighted by molar-refractivity contribution is -0.119. The van der Waals surface area contributed by atoms with Crippen molar-refractivity contribution in [1.29, 1.82) is 0 Å². The topological polar surface area (TPSA) is 61.4 Å². The van der Waals surface area contributed by atoms with E-state index in [1.54, 1.807) is 0 Å². The predicted molar refractivity (Wildman–Crippen MR) is 98.3 cm³/mol. The molecule has 5 heteroatoms. The van der Waals surface area contributed by atoms with Gasteiger partial charge < -0.3 is 15.5 Å². The second-order valence-corrected chi connectivity index (χ2v) is 6.41. The summed E-state index contributed by atoms with van der Waals surface area (Å²) in [5.41, 5.74) is 2.05. The van der Waals surface area contributed by atoms with Crippen LogP contribution in [0.5, 0.6) is 0 Å². The minimum absolute atomic E-state index is 0.00191. The molecule has 24 heavy (non-hydrogen) atoms. The van der Waals surface area contributed by atoms with E-state index in [4.69, 9.17) is 0 Å². The summed E-state index contributed by atoms with van der Waals surface area (Å²) in [6.07, 6.45) is 6.96.